The van der Waals surface area contributed by atoms with Crippen molar-refractivity contribution in [3.63, 3.8) is 0 Å². The van der Waals surface area contributed by atoms with Gasteiger partial charge in [-0.15, -0.1) is 0 Å². The number of nitrogens with one attached hydrogen (secondary N) is 1. The average molecular weight is 294 g/mol. The highest BCUT2D eigenvalue weighted by molar-refractivity contribution is 5.49. The zero-order valence-corrected chi connectivity index (χ0v) is 13.3. The van der Waals surface area contributed by atoms with E-state index in [1.807, 2.05) is 24.0 Å². The topological polar surface area (TPSA) is 35.5 Å². The molecule has 1 fully saturated rings. The van der Waals surface area contributed by atoms with E-state index in [2.05, 4.69) is 19.2 Å². The molecule has 1 aliphatic rings. The first kappa shape index (κ1) is 16.2. The zero-order valence-electron chi connectivity index (χ0n) is 13.3. The van der Waals surface area contributed by atoms with Gasteiger partial charge in [0.2, 0.25) is 0 Å². The Morgan fingerprint density at radius 2 is 2.19 bits per heavy atom. The maximum absolute atomic E-state index is 14.3. The van der Waals surface area contributed by atoms with Crippen LogP contribution in [0.2, 0.25) is 0 Å². The smallest absolute Gasteiger partial charge is 0.146 e. The first-order chi connectivity index (χ1) is 9.97. The van der Waals surface area contributed by atoms with Crippen LogP contribution in [0.3, 0.4) is 0 Å². The average Bonchev–Trinajstić information content (AvgIpc) is 2.42. The molecule has 0 aliphatic carbocycles. The Kier molecular flexibility index (Phi) is 5.59. The van der Waals surface area contributed by atoms with E-state index in [0.29, 0.717) is 37.7 Å². The lowest BCUT2D eigenvalue weighted by Crippen LogP contribution is -2.42. The largest absolute Gasteiger partial charge is 0.393 e. The SMILES string of the molecule is CC(C)CNCc1ccc(N2CCC(O)C(C)C2)c(F)c1. The number of rotatable bonds is 5. The number of nitrogens with zero attached hydrogens (tertiary/aromatic N) is 1. The molecular weight excluding hydrogens is 267 g/mol. The van der Waals surface area contributed by atoms with Gasteiger partial charge in [0.05, 0.1) is 11.8 Å². The monoisotopic (exact) mass is 294 g/mol. The molecule has 3 nitrogen and oxygen atoms in total. The minimum atomic E-state index is -0.260. The molecule has 2 rings (SSSR count). The summed E-state index contributed by atoms with van der Waals surface area (Å²) in [6.07, 6.45) is 0.446. The molecule has 0 aromatic heterocycles. The van der Waals surface area contributed by atoms with E-state index < -0.39 is 0 Å². The van der Waals surface area contributed by atoms with Crippen LogP contribution in [-0.2, 0) is 6.54 Å². The third-order valence-electron chi connectivity index (χ3n) is 4.09. The third kappa shape index (κ3) is 4.42. The maximum Gasteiger partial charge on any atom is 0.146 e. The van der Waals surface area contributed by atoms with Gasteiger partial charge < -0.3 is 15.3 Å². The predicted octanol–water partition coefficient (Wildman–Crippen LogP) is 2.78. The van der Waals surface area contributed by atoms with Crippen molar-refractivity contribution in [2.75, 3.05) is 24.5 Å². The first-order valence-corrected chi connectivity index (χ1v) is 7.89. The summed E-state index contributed by atoms with van der Waals surface area (Å²) in [5.41, 5.74) is 1.63. The zero-order chi connectivity index (χ0) is 15.4. The van der Waals surface area contributed by atoms with E-state index in [-0.39, 0.29) is 17.8 Å². The summed E-state index contributed by atoms with van der Waals surface area (Å²) in [4.78, 5) is 2.04. The fourth-order valence-electron chi connectivity index (χ4n) is 2.77. The Morgan fingerprint density at radius 1 is 1.43 bits per heavy atom. The third-order valence-corrected chi connectivity index (χ3v) is 4.09. The van der Waals surface area contributed by atoms with Crippen molar-refractivity contribution in [2.45, 2.75) is 39.8 Å². The van der Waals surface area contributed by atoms with Gasteiger partial charge in [-0.2, -0.15) is 0 Å². The van der Waals surface area contributed by atoms with Gasteiger partial charge in [-0.05, 0) is 42.5 Å². The second kappa shape index (κ2) is 7.23. The van der Waals surface area contributed by atoms with Crippen molar-refractivity contribution in [2.24, 2.45) is 11.8 Å². The van der Waals surface area contributed by atoms with Crippen LogP contribution in [0, 0.1) is 17.7 Å². The Morgan fingerprint density at radius 3 is 2.81 bits per heavy atom. The molecule has 0 spiro atoms. The van der Waals surface area contributed by atoms with Crippen LogP contribution >= 0.6 is 0 Å². The van der Waals surface area contributed by atoms with Gasteiger partial charge in [-0.3, -0.25) is 0 Å². The fourth-order valence-corrected chi connectivity index (χ4v) is 2.77. The van der Waals surface area contributed by atoms with Crippen LogP contribution in [0.25, 0.3) is 0 Å². The summed E-state index contributed by atoms with van der Waals surface area (Å²) in [5.74, 6) is 0.614. The summed E-state index contributed by atoms with van der Waals surface area (Å²) in [7, 11) is 0. The van der Waals surface area contributed by atoms with E-state index >= 15 is 0 Å². The molecule has 0 amide bonds. The number of anilines is 1. The number of benzene rings is 1. The van der Waals surface area contributed by atoms with E-state index in [1.165, 1.54) is 0 Å². The van der Waals surface area contributed by atoms with Crippen molar-refractivity contribution in [1.82, 2.24) is 5.32 Å². The van der Waals surface area contributed by atoms with Crippen LogP contribution in [-0.4, -0.2) is 30.8 Å². The maximum atomic E-state index is 14.3. The van der Waals surface area contributed by atoms with Gasteiger partial charge in [0, 0.05) is 19.6 Å². The number of halogens is 1. The van der Waals surface area contributed by atoms with Crippen molar-refractivity contribution in [3.05, 3.63) is 29.6 Å². The van der Waals surface area contributed by atoms with Crippen LogP contribution in [0.1, 0.15) is 32.8 Å². The molecule has 0 saturated carbocycles. The number of aliphatic hydroxyl groups excluding tert-OH is 1. The van der Waals surface area contributed by atoms with Gasteiger partial charge >= 0.3 is 0 Å². The van der Waals surface area contributed by atoms with Crippen molar-refractivity contribution in [3.8, 4) is 0 Å². The number of aliphatic hydroxyl groups is 1. The molecule has 0 bridgehead atoms. The number of hydrogen-bond acceptors (Lipinski definition) is 3. The Hall–Kier alpha value is -1.13. The molecule has 2 atom stereocenters. The normalized spacial score (nSPS) is 22.9. The van der Waals surface area contributed by atoms with Gasteiger partial charge in [-0.1, -0.05) is 26.8 Å². The fraction of sp³-hybridized carbons (Fsp3) is 0.647. The molecule has 2 N–H and O–H groups in total. The van der Waals surface area contributed by atoms with E-state index in [4.69, 9.17) is 0 Å². The molecule has 118 valence electrons. The molecule has 1 aromatic rings. The lowest BCUT2D eigenvalue weighted by Gasteiger charge is -2.36. The van der Waals surface area contributed by atoms with Crippen LogP contribution in [0.4, 0.5) is 10.1 Å². The molecule has 1 aliphatic heterocycles. The Balaban J connectivity index is 1.99. The standard InChI is InChI=1S/C17H27FN2O/c1-12(2)9-19-10-14-4-5-16(15(18)8-14)20-7-6-17(21)13(3)11-20/h4-5,8,12-13,17,19,21H,6-7,9-11H2,1-3H3. The van der Waals surface area contributed by atoms with Crippen molar-refractivity contribution >= 4 is 5.69 Å². The van der Waals surface area contributed by atoms with E-state index in [0.717, 1.165) is 12.1 Å². The van der Waals surface area contributed by atoms with E-state index in [1.54, 1.807) is 6.07 Å². The highest BCUT2D eigenvalue weighted by Gasteiger charge is 2.25. The van der Waals surface area contributed by atoms with Crippen molar-refractivity contribution < 1.29 is 9.50 Å². The highest BCUT2D eigenvalue weighted by atomic mass is 19.1. The van der Waals surface area contributed by atoms with Gasteiger partial charge in [0.15, 0.2) is 0 Å². The quantitative estimate of drug-likeness (QED) is 0.876. The van der Waals surface area contributed by atoms with E-state index in [9.17, 15) is 9.50 Å². The number of hydrogen-bond donors (Lipinski definition) is 2. The molecule has 2 unspecified atom stereocenters. The van der Waals surface area contributed by atoms with Crippen LogP contribution in [0.15, 0.2) is 18.2 Å². The van der Waals surface area contributed by atoms with Crippen LogP contribution < -0.4 is 10.2 Å². The molecule has 1 saturated heterocycles. The summed E-state index contributed by atoms with van der Waals surface area (Å²) >= 11 is 0. The van der Waals surface area contributed by atoms with Crippen molar-refractivity contribution in [1.29, 1.82) is 0 Å². The Labute approximate surface area is 127 Å². The molecular formula is C17H27FN2O. The first-order valence-electron chi connectivity index (χ1n) is 7.89. The molecule has 21 heavy (non-hydrogen) atoms. The van der Waals surface area contributed by atoms with Crippen LogP contribution in [0.5, 0.6) is 0 Å². The lowest BCUT2D eigenvalue weighted by atomic mass is 9.96. The van der Waals surface area contributed by atoms with Gasteiger partial charge in [0.1, 0.15) is 5.82 Å². The molecule has 0 radical (unpaired) electrons. The summed E-state index contributed by atoms with van der Waals surface area (Å²) in [6, 6.07) is 5.48. The lowest BCUT2D eigenvalue weighted by molar-refractivity contribution is 0.0969. The predicted molar refractivity (Wildman–Crippen MR) is 84.9 cm³/mol. The second-order valence-electron chi connectivity index (χ2n) is 6.59. The molecule has 1 aromatic carbocycles. The second-order valence-corrected chi connectivity index (χ2v) is 6.59. The highest BCUT2D eigenvalue weighted by Crippen LogP contribution is 2.26. The molecule has 1 heterocycles. The van der Waals surface area contributed by atoms with Gasteiger partial charge in [0.25, 0.3) is 0 Å². The molecule has 4 heteroatoms. The Bertz CT molecular complexity index is 464. The summed E-state index contributed by atoms with van der Waals surface area (Å²) in [6.45, 7) is 9.38. The minimum absolute atomic E-state index is 0.164. The number of piperidine rings is 1. The summed E-state index contributed by atoms with van der Waals surface area (Å²) < 4.78 is 14.3. The van der Waals surface area contributed by atoms with Gasteiger partial charge in [-0.25, -0.2) is 4.39 Å². The minimum Gasteiger partial charge on any atom is -0.393 e. The summed E-state index contributed by atoms with van der Waals surface area (Å²) in [5, 5.41) is 13.1.